The van der Waals surface area contributed by atoms with Crippen molar-refractivity contribution < 1.29 is 22.7 Å². The molecule has 186 valence electrons. The van der Waals surface area contributed by atoms with Crippen LogP contribution >= 0.6 is 23.2 Å². The van der Waals surface area contributed by atoms with Crippen LogP contribution in [0.1, 0.15) is 68.2 Å². The second kappa shape index (κ2) is 8.49. The van der Waals surface area contributed by atoms with Crippen LogP contribution < -0.4 is 0 Å². The Balaban J connectivity index is 1.73. The maximum absolute atomic E-state index is 14.0. The van der Waals surface area contributed by atoms with Crippen molar-refractivity contribution in [3.8, 4) is 0 Å². The fourth-order valence-corrected chi connectivity index (χ4v) is 7.55. The Morgan fingerprint density at radius 2 is 1.77 bits per heavy atom. The first-order valence-electron chi connectivity index (χ1n) is 11.7. The van der Waals surface area contributed by atoms with Crippen LogP contribution in [0.3, 0.4) is 0 Å². The summed E-state index contributed by atoms with van der Waals surface area (Å²) in [5.74, 6) is -1.48. The van der Waals surface area contributed by atoms with Crippen LogP contribution in [0.25, 0.3) is 0 Å². The molecular formula is C26H27Cl2NO5S. The third kappa shape index (κ3) is 3.96. The molecule has 2 unspecified atom stereocenters. The molecule has 5 atom stereocenters. The molecular weight excluding hydrogens is 509 g/mol. The molecule has 5 rings (SSSR count). The predicted molar refractivity (Wildman–Crippen MR) is 134 cm³/mol. The summed E-state index contributed by atoms with van der Waals surface area (Å²) in [7, 11) is -3.50. The molecule has 0 bridgehead atoms. The Morgan fingerprint density at radius 3 is 2.40 bits per heavy atom. The molecule has 0 aliphatic carbocycles. The Morgan fingerprint density at radius 1 is 1.09 bits per heavy atom. The van der Waals surface area contributed by atoms with Gasteiger partial charge in [0.2, 0.25) is 5.60 Å². The standard InChI is InChI=1S/C26H27Cl2NO5S/c1-14(2)35(32,33)13-22-15(3)20-10-18(28)7-8-19(20)24-21(16-5-4-6-17(27)9-16)11-26(12-23(30)34-26)25(31)29(22)24/h4-10,14-15,21-22,24H,11-13H2,1-3H3/t15?,21-,22-,24?,26+/m1/s1. The summed E-state index contributed by atoms with van der Waals surface area (Å²) < 4.78 is 31.8. The van der Waals surface area contributed by atoms with E-state index < -0.39 is 38.7 Å². The summed E-state index contributed by atoms with van der Waals surface area (Å²) >= 11 is 12.7. The molecule has 2 aromatic carbocycles. The number of nitrogens with zero attached hydrogens (tertiary/aromatic N) is 1. The lowest BCUT2D eigenvalue weighted by Gasteiger charge is -2.58. The highest BCUT2D eigenvalue weighted by Gasteiger charge is 2.63. The summed E-state index contributed by atoms with van der Waals surface area (Å²) in [6, 6.07) is 12.0. The first-order valence-corrected chi connectivity index (χ1v) is 14.2. The monoisotopic (exact) mass is 535 g/mol. The van der Waals surface area contributed by atoms with Crippen LogP contribution in [-0.2, 0) is 24.2 Å². The van der Waals surface area contributed by atoms with Gasteiger partial charge >= 0.3 is 5.97 Å². The van der Waals surface area contributed by atoms with Crippen molar-refractivity contribution in [2.75, 3.05) is 5.75 Å². The number of hydrogen-bond donors (Lipinski definition) is 0. The number of amides is 1. The first kappa shape index (κ1) is 24.6. The third-order valence-corrected chi connectivity index (χ3v) is 10.5. The molecule has 0 N–H and O–H groups in total. The molecule has 9 heteroatoms. The number of carbonyl (C=O) groups is 2. The van der Waals surface area contributed by atoms with Gasteiger partial charge in [-0.2, -0.15) is 0 Å². The molecule has 2 saturated heterocycles. The molecule has 0 aromatic heterocycles. The number of sulfone groups is 1. The number of hydrogen-bond acceptors (Lipinski definition) is 5. The minimum Gasteiger partial charge on any atom is -0.448 e. The van der Waals surface area contributed by atoms with Gasteiger partial charge in [0.1, 0.15) is 0 Å². The number of piperidine rings is 1. The maximum Gasteiger partial charge on any atom is 0.311 e. The van der Waals surface area contributed by atoms with Crippen molar-refractivity contribution >= 4 is 44.9 Å². The molecule has 1 spiro atoms. The van der Waals surface area contributed by atoms with Gasteiger partial charge in [0, 0.05) is 28.3 Å². The predicted octanol–water partition coefficient (Wildman–Crippen LogP) is 5.05. The van der Waals surface area contributed by atoms with E-state index in [1.165, 1.54) is 0 Å². The molecule has 3 aliphatic heterocycles. The summed E-state index contributed by atoms with van der Waals surface area (Å²) in [5.41, 5.74) is 1.48. The Bertz CT molecular complexity index is 1320. The van der Waals surface area contributed by atoms with Gasteiger partial charge in [-0.1, -0.05) is 48.3 Å². The second-order valence-electron chi connectivity index (χ2n) is 10.2. The van der Waals surface area contributed by atoms with E-state index in [4.69, 9.17) is 27.9 Å². The number of fused-ring (bicyclic) bond motifs is 3. The number of halogens is 2. The number of esters is 1. The van der Waals surface area contributed by atoms with E-state index in [9.17, 15) is 18.0 Å². The highest BCUT2D eigenvalue weighted by molar-refractivity contribution is 7.92. The van der Waals surface area contributed by atoms with Gasteiger partial charge in [-0.05, 0) is 54.8 Å². The summed E-state index contributed by atoms with van der Waals surface area (Å²) in [4.78, 5) is 27.7. The number of carbonyl (C=O) groups excluding carboxylic acids is 2. The zero-order valence-electron chi connectivity index (χ0n) is 19.7. The minimum atomic E-state index is -3.50. The smallest absolute Gasteiger partial charge is 0.311 e. The van der Waals surface area contributed by atoms with E-state index in [-0.39, 0.29) is 29.9 Å². The van der Waals surface area contributed by atoms with E-state index in [1.807, 2.05) is 37.3 Å². The summed E-state index contributed by atoms with van der Waals surface area (Å²) in [5, 5.41) is 0.526. The lowest BCUT2D eigenvalue weighted by molar-refractivity contribution is -0.213. The van der Waals surface area contributed by atoms with Gasteiger partial charge in [0.25, 0.3) is 5.91 Å². The average molecular weight is 536 g/mol. The van der Waals surface area contributed by atoms with Crippen LogP contribution in [-0.4, -0.2) is 47.8 Å². The molecule has 3 aliphatic rings. The van der Waals surface area contributed by atoms with Crippen molar-refractivity contribution in [1.29, 1.82) is 0 Å². The lowest BCUT2D eigenvalue weighted by atomic mass is 9.66. The fraction of sp³-hybridized carbons (Fsp3) is 0.462. The zero-order chi connectivity index (χ0) is 25.3. The SMILES string of the molecule is CC1c2cc(Cl)ccc2C2[C@@H](c3cccc(Cl)c3)C[C@]3(CC(=O)O3)C(=O)N2[C@@H]1CS(=O)(=O)C(C)C. The molecule has 1 amide bonds. The van der Waals surface area contributed by atoms with Gasteiger partial charge in [-0.3, -0.25) is 9.59 Å². The molecule has 0 saturated carbocycles. The Hall–Kier alpha value is -2.09. The molecule has 35 heavy (non-hydrogen) atoms. The van der Waals surface area contributed by atoms with Crippen LogP contribution in [0.2, 0.25) is 10.0 Å². The van der Waals surface area contributed by atoms with Crippen molar-refractivity contribution in [1.82, 2.24) is 4.90 Å². The van der Waals surface area contributed by atoms with Crippen LogP contribution in [0.4, 0.5) is 0 Å². The zero-order valence-corrected chi connectivity index (χ0v) is 22.0. The Kier molecular flexibility index (Phi) is 5.97. The van der Waals surface area contributed by atoms with Gasteiger partial charge in [-0.25, -0.2) is 8.42 Å². The molecule has 3 heterocycles. The molecule has 2 aromatic rings. The van der Waals surface area contributed by atoms with Crippen molar-refractivity contribution in [3.63, 3.8) is 0 Å². The third-order valence-electron chi connectivity index (χ3n) is 7.78. The van der Waals surface area contributed by atoms with Crippen molar-refractivity contribution in [2.24, 2.45) is 0 Å². The van der Waals surface area contributed by atoms with Crippen molar-refractivity contribution in [2.45, 2.75) is 68.4 Å². The lowest BCUT2D eigenvalue weighted by Crippen LogP contribution is -2.68. The van der Waals surface area contributed by atoms with E-state index in [2.05, 4.69) is 0 Å². The summed E-state index contributed by atoms with van der Waals surface area (Å²) in [6.45, 7) is 5.22. The van der Waals surface area contributed by atoms with Gasteiger partial charge in [0.15, 0.2) is 9.84 Å². The summed E-state index contributed by atoms with van der Waals surface area (Å²) in [6.07, 6.45) is 0.288. The number of rotatable bonds is 4. The quantitative estimate of drug-likeness (QED) is 0.512. The minimum absolute atomic E-state index is 0.0162. The van der Waals surface area contributed by atoms with Gasteiger partial charge in [0.05, 0.1) is 29.5 Å². The van der Waals surface area contributed by atoms with Crippen molar-refractivity contribution in [3.05, 3.63) is 69.2 Å². The Labute approximate surface area is 215 Å². The van der Waals surface area contributed by atoms with E-state index in [0.717, 1.165) is 16.7 Å². The van der Waals surface area contributed by atoms with Crippen LogP contribution in [0.5, 0.6) is 0 Å². The molecule has 2 fully saturated rings. The number of benzene rings is 2. The molecule has 6 nitrogen and oxygen atoms in total. The maximum atomic E-state index is 14.0. The van der Waals surface area contributed by atoms with Gasteiger partial charge in [-0.15, -0.1) is 0 Å². The normalized spacial score (nSPS) is 30.1. The second-order valence-corrected chi connectivity index (χ2v) is 13.7. The van der Waals surface area contributed by atoms with E-state index >= 15 is 0 Å². The highest BCUT2D eigenvalue weighted by atomic mass is 35.5. The fourth-order valence-electron chi connectivity index (χ4n) is 5.86. The largest absolute Gasteiger partial charge is 0.448 e. The average Bonchev–Trinajstić information content (AvgIpc) is 2.77. The van der Waals surface area contributed by atoms with E-state index in [0.29, 0.717) is 16.5 Å². The molecule has 0 radical (unpaired) electrons. The van der Waals surface area contributed by atoms with Gasteiger partial charge < -0.3 is 9.64 Å². The highest BCUT2D eigenvalue weighted by Crippen LogP contribution is 2.56. The topological polar surface area (TPSA) is 80.8 Å². The van der Waals surface area contributed by atoms with Crippen LogP contribution in [0, 0.1) is 0 Å². The van der Waals surface area contributed by atoms with Crippen LogP contribution in [0.15, 0.2) is 42.5 Å². The van der Waals surface area contributed by atoms with E-state index in [1.54, 1.807) is 30.9 Å². The first-order chi connectivity index (χ1) is 16.4. The number of ether oxygens (including phenoxy) is 1.